The van der Waals surface area contributed by atoms with Crippen molar-refractivity contribution in [3.8, 4) is 0 Å². The van der Waals surface area contributed by atoms with Gasteiger partial charge in [0, 0.05) is 49.6 Å². The molecule has 0 saturated heterocycles. The zero-order chi connectivity index (χ0) is 14.1. The van der Waals surface area contributed by atoms with Crippen LogP contribution in [0.25, 0.3) is 0 Å². The Labute approximate surface area is 176 Å². The van der Waals surface area contributed by atoms with Gasteiger partial charge in [0.25, 0.3) is 0 Å². The van der Waals surface area contributed by atoms with Crippen LogP contribution in [0.15, 0.2) is 74.9 Å². The summed E-state index contributed by atoms with van der Waals surface area (Å²) in [5, 5.41) is 0. The summed E-state index contributed by atoms with van der Waals surface area (Å²) in [7, 11) is 0. The Morgan fingerprint density at radius 3 is 0.680 bits per heavy atom. The molecule has 0 spiro atoms. The number of nitrogens with zero attached hydrogens (tertiary/aromatic N) is 4. The first-order chi connectivity index (χ1) is 10.0. The Bertz CT molecular complexity index is 376. The van der Waals surface area contributed by atoms with Crippen molar-refractivity contribution >= 4 is 0 Å². The first kappa shape index (κ1) is 34.5. The quantitative estimate of drug-likeness (QED) is 0.166. The Balaban J connectivity index is -0.0000000667. The van der Waals surface area contributed by atoms with Crippen molar-refractivity contribution in [3.05, 3.63) is 74.9 Å². The molecule has 0 fully saturated rings. The molecule has 0 atom stereocenters. The standard InChI is InChI=1S/4C3H4N2.2BrH.Co.2H2O/c4*1-2-5-3-4-1;;;;;/h4*1-3H,(H,4,5);2*1H;;2*1H2/q;;;;;;+2;;. The summed E-state index contributed by atoms with van der Waals surface area (Å²) in [6, 6.07) is 0. The van der Waals surface area contributed by atoms with Crippen molar-refractivity contribution < 1.29 is 61.7 Å². The van der Waals surface area contributed by atoms with Crippen LogP contribution in [0.4, 0.5) is 0 Å². The number of aromatic amines is 4. The Hall–Kier alpha value is -1.77. The molecule has 10 nitrogen and oxygen atoms in total. The Morgan fingerprint density at radius 1 is 0.440 bits per heavy atom. The van der Waals surface area contributed by atoms with E-state index in [0.717, 1.165) is 0 Å². The van der Waals surface area contributed by atoms with Gasteiger partial charge in [0.1, 0.15) is 0 Å². The molecule has 1 radical (unpaired) electrons. The fourth-order valence-electron chi connectivity index (χ4n) is 0.861. The molecule has 0 aliphatic rings. The van der Waals surface area contributed by atoms with Gasteiger partial charge in [0.2, 0.25) is 0 Å². The minimum atomic E-state index is 0. The van der Waals surface area contributed by atoms with Crippen LogP contribution in [0, 0.1) is 0 Å². The molecule has 0 aromatic carbocycles. The molecule has 4 aromatic heterocycles. The molecule has 4 aromatic rings. The zero-order valence-electron chi connectivity index (χ0n) is 13.0. The van der Waals surface area contributed by atoms with Crippen molar-refractivity contribution in [1.82, 2.24) is 39.9 Å². The largest absolute Gasteiger partial charge is 2.00 e. The van der Waals surface area contributed by atoms with Crippen LogP contribution in [-0.2, 0) is 27.7 Å². The monoisotopic (exact) mass is 527 g/mol. The zero-order valence-corrected chi connectivity index (χ0v) is 17.2. The van der Waals surface area contributed by atoms with E-state index in [2.05, 4.69) is 39.9 Å². The summed E-state index contributed by atoms with van der Waals surface area (Å²) in [5.41, 5.74) is 0. The number of hydrogen-bond acceptors (Lipinski definition) is 4. The Kier molecular flexibility index (Phi) is 41.6. The molecule has 10 N–H and O–H groups in total. The van der Waals surface area contributed by atoms with E-state index < -0.39 is 0 Å². The molecule has 4 heterocycles. The first-order valence-corrected chi connectivity index (χ1v) is 5.71. The summed E-state index contributed by atoms with van der Waals surface area (Å²) in [6.07, 6.45) is 20.3. The molecule has 0 unspecified atom stereocenters. The molecular weight excluding hydrogens is 507 g/mol. The predicted octanol–water partition coefficient (Wildman–Crippen LogP) is -6.20. The molecular formula is C12H22Br2CoN8O2+2. The number of hydrogen-bond donors (Lipinski definition) is 4. The van der Waals surface area contributed by atoms with E-state index in [1.807, 2.05) is 0 Å². The molecule has 0 saturated carbocycles. The second-order valence-corrected chi connectivity index (χ2v) is 3.04. The van der Waals surface area contributed by atoms with E-state index in [1.165, 1.54) is 0 Å². The number of nitrogens with one attached hydrogen (secondary N) is 4. The average Bonchev–Trinajstić information content (AvgIpc) is 3.40. The normalized spacial score (nSPS) is 6.40. The molecule has 143 valence electrons. The number of rotatable bonds is 0. The summed E-state index contributed by atoms with van der Waals surface area (Å²) >= 11 is 0. The maximum Gasteiger partial charge on any atom is 2.00 e. The van der Waals surface area contributed by atoms with Gasteiger partial charge >= 0.3 is 16.8 Å². The second kappa shape index (κ2) is 30.1. The van der Waals surface area contributed by atoms with Crippen LogP contribution >= 0.6 is 0 Å². The first-order valence-electron chi connectivity index (χ1n) is 5.71. The number of imidazole rings is 4. The van der Waals surface area contributed by atoms with Gasteiger partial charge in [-0.2, -0.15) is 0 Å². The third-order valence-corrected chi connectivity index (χ3v) is 1.62. The van der Waals surface area contributed by atoms with Crippen LogP contribution in [0.2, 0.25) is 0 Å². The van der Waals surface area contributed by atoms with Gasteiger partial charge in [-0.25, -0.2) is 19.9 Å². The molecule has 25 heavy (non-hydrogen) atoms. The third kappa shape index (κ3) is 27.4. The van der Waals surface area contributed by atoms with E-state index in [9.17, 15) is 0 Å². The summed E-state index contributed by atoms with van der Waals surface area (Å²) < 4.78 is 0. The van der Waals surface area contributed by atoms with Crippen LogP contribution in [-0.4, -0.2) is 39.9 Å². The molecule has 0 aliphatic heterocycles. The summed E-state index contributed by atoms with van der Waals surface area (Å²) in [4.78, 5) is 25.7. The fourth-order valence-corrected chi connectivity index (χ4v) is 0.861. The van der Waals surface area contributed by atoms with E-state index in [4.69, 9.17) is 0 Å². The maximum absolute atomic E-state index is 3.67. The van der Waals surface area contributed by atoms with E-state index >= 15 is 0 Å². The molecule has 13 heteroatoms. The summed E-state index contributed by atoms with van der Waals surface area (Å²) in [6.45, 7) is 0. The minimum Gasteiger partial charge on any atom is -1.00 e. The van der Waals surface area contributed by atoms with E-state index in [-0.39, 0.29) is 61.7 Å². The van der Waals surface area contributed by atoms with Crippen LogP contribution < -0.4 is 34.0 Å². The van der Waals surface area contributed by atoms with Crippen molar-refractivity contribution in [3.63, 3.8) is 0 Å². The number of aromatic nitrogens is 8. The third-order valence-electron chi connectivity index (χ3n) is 1.62. The smallest absolute Gasteiger partial charge is 1.00 e. The predicted molar refractivity (Wildman–Crippen MR) is 84.1 cm³/mol. The fraction of sp³-hybridized carbons (Fsp3) is 0. The van der Waals surface area contributed by atoms with Crippen LogP contribution in [0.5, 0.6) is 0 Å². The van der Waals surface area contributed by atoms with Crippen LogP contribution in [0.1, 0.15) is 0 Å². The van der Waals surface area contributed by atoms with Gasteiger partial charge in [0.15, 0.2) is 0 Å². The number of H-pyrrole nitrogens is 4. The van der Waals surface area contributed by atoms with Crippen molar-refractivity contribution in [1.29, 1.82) is 0 Å². The molecule has 0 amide bonds. The van der Waals surface area contributed by atoms with Gasteiger partial charge < -0.3 is 64.9 Å². The molecule has 4 rings (SSSR count). The van der Waals surface area contributed by atoms with Crippen molar-refractivity contribution in [2.75, 3.05) is 0 Å². The van der Waals surface area contributed by atoms with Gasteiger partial charge in [-0.3, -0.25) is 0 Å². The van der Waals surface area contributed by atoms with Crippen molar-refractivity contribution in [2.45, 2.75) is 0 Å². The SMILES string of the molecule is [Br-].[Br-].[Co+2].[OH3+].[OH3+].c1c[nH]cn1.c1c[nH]cn1.c1c[nH]cn1.c1c[nH]cn1. The molecule has 0 bridgehead atoms. The minimum absolute atomic E-state index is 0. The van der Waals surface area contributed by atoms with E-state index in [0.29, 0.717) is 0 Å². The topological polar surface area (TPSA) is 181 Å². The van der Waals surface area contributed by atoms with Gasteiger partial charge in [-0.15, -0.1) is 0 Å². The maximum atomic E-state index is 3.67. The van der Waals surface area contributed by atoms with Gasteiger partial charge in [0.05, 0.1) is 25.3 Å². The summed E-state index contributed by atoms with van der Waals surface area (Å²) in [5.74, 6) is 0. The Morgan fingerprint density at radius 2 is 0.640 bits per heavy atom. The van der Waals surface area contributed by atoms with Crippen molar-refractivity contribution in [2.24, 2.45) is 0 Å². The van der Waals surface area contributed by atoms with Gasteiger partial charge in [-0.1, -0.05) is 0 Å². The average molecular weight is 529 g/mol. The molecule has 0 aliphatic carbocycles. The number of halogens is 2. The van der Waals surface area contributed by atoms with Gasteiger partial charge in [-0.05, 0) is 0 Å². The van der Waals surface area contributed by atoms with Crippen LogP contribution in [0.3, 0.4) is 0 Å². The van der Waals surface area contributed by atoms with E-state index in [1.54, 1.807) is 74.9 Å². The second-order valence-electron chi connectivity index (χ2n) is 3.04.